The van der Waals surface area contributed by atoms with E-state index in [1.165, 1.54) is 43.1 Å². The van der Waals surface area contributed by atoms with Crippen molar-refractivity contribution in [3.8, 4) is 22.3 Å². The molecule has 0 radical (unpaired) electrons. The van der Waals surface area contributed by atoms with E-state index in [9.17, 15) is 0 Å². The van der Waals surface area contributed by atoms with Gasteiger partial charge in [-0.05, 0) is 156 Å². The molecule has 0 bridgehead atoms. The molecule has 298 valence electrons. The van der Waals surface area contributed by atoms with Crippen molar-refractivity contribution in [2.24, 2.45) is 30.0 Å². The first-order chi connectivity index (χ1) is 29.9. The van der Waals surface area contributed by atoms with Crippen molar-refractivity contribution in [1.82, 2.24) is 0 Å². The first-order valence-electron chi connectivity index (χ1n) is 21.4. The molecule has 7 heteroatoms. The number of para-hydroxylation sites is 1. The minimum absolute atomic E-state index is 0.609. The maximum absolute atomic E-state index is 5.45. The van der Waals surface area contributed by atoms with Crippen LogP contribution < -0.4 is 37.0 Å². The Bertz CT molecular complexity index is 3810. The normalized spacial score (nSPS) is 16.1. The molecular formula is C55H43N7. The van der Waals surface area contributed by atoms with E-state index in [0.717, 1.165) is 71.5 Å². The summed E-state index contributed by atoms with van der Waals surface area (Å²) in [5, 5.41) is 14.6. The number of anilines is 3. The molecule has 0 unspecified atom stereocenters. The quantitative estimate of drug-likeness (QED) is 0.160. The number of hydrogen-bond acceptors (Lipinski definition) is 7. The Kier molecular flexibility index (Phi) is 7.54. The second-order valence-corrected chi connectivity index (χ2v) is 18.2. The Morgan fingerprint density at radius 3 is 1.45 bits per heavy atom. The zero-order valence-corrected chi connectivity index (χ0v) is 35.6. The van der Waals surface area contributed by atoms with Gasteiger partial charge < -0.3 is 4.90 Å². The van der Waals surface area contributed by atoms with Gasteiger partial charge in [-0.25, -0.2) is 0 Å². The van der Waals surface area contributed by atoms with Gasteiger partial charge in [-0.15, -0.1) is 0 Å². The molecule has 0 aromatic heterocycles. The topological polar surface area (TPSA) is 77.4 Å². The molecule has 0 atom stereocenters. The molecule has 0 amide bonds. The van der Waals surface area contributed by atoms with Crippen LogP contribution in [0.2, 0.25) is 0 Å². The zero-order valence-electron chi connectivity index (χ0n) is 35.6. The lowest BCUT2D eigenvalue weighted by atomic mass is 9.91. The Morgan fingerprint density at radius 2 is 0.806 bits per heavy atom. The predicted octanol–water partition coefficient (Wildman–Crippen LogP) is 10.1. The van der Waals surface area contributed by atoms with Crippen molar-refractivity contribution in [3.05, 3.63) is 184 Å². The fourth-order valence-corrected chi connectivity index (χ4v) is 9.82. The third kappa shape index (κ3) is 5.72. The van der Waals surface area contributed by atoms with Crippen molar-refractivity contribution >= 4 is 60.2 Å². The second-order valence-electron chi connectivity index (χ2n) is 18.2. The molecule has 0 fully saturated rings. The third-order valence-electron chi connectivity index (χ3n) is 12.4. The highest BCUT2D eigenvalue weighted by Gasteiger charge is 2.31. The molecule has 9 aromatic rings. The summed E-state index contributed by atoms with van der Waals surface area (Å²) in [6.45, 7) is 12.4. The van der Waals surface area contributed by atoms with Crippen LogP contribution >= 0.6 is 0 Å². The maximum Gasteiger partial charge on any atom is 0.146 e. The first kappa shape index (κ1) is 36.5. The molecule has 3 heterocycles. The number of fused-ring (bicyclic) bond motifs is 7. The molecule has 3 aliphatic rings. The Balaban J connectivity index is 1.14. The van der Waals surface area contributed by atoms with Crippen LogP contribution in [0.1, 0.15) is 41.5 Å². The largest absolute Gasteiger partial charge is 0.304 e. The number of hydrogen-bond donors (Lipinski definition) is 0. The van der Waals surface area contributed by atoms with E-state index in [0.29, 0.717) is 0 Å². The second kappa shape index (κ2) is 12.8. The molecule has 0 aliphatic carbocycles. The standard InChI is InChI=1S/C55H43N7/c1-53(2)56-43-20-13-21-44(50(43)59-53)62(45-26-24-41(48-51(45)60-54(3,4)57-48)37-23-22-34-28-32-14-7-8-15-33(32)29-38(34)31-37)46-27-25-42(49-52(46)61-55(5,6)58-49)47-39-18-11-9-16-35(39)30-36-17-10-12-19-40(36)47/h7-31H,1-6H3. The highest BCUT2D eigenvalue weighted by Crippen LogP contribution is 2.38. The fourth-order valence-electron chi connectivity index (χ4n) is 9.82. The van der Waals surface area contributed by atoms with E-state index in [-0.39, 0.29) is 0 Å². The van der Waals surface area contributed by atoms with Crippen LogP contribution in [0.4, 0.5) is 17.1 Å². The van der Waals surface area contributed by atoms with Gasteiger partial charge in [-0.3, -0.25) is 30.0 Å². The average molecular weight is 802 g/mol. The molecule has 0 saturated heterocycles. The molecule has 3 aliphatic heterocycles. The van der Waals surface area contributed by atoms with E-state index in [2.05, 4.69) is 198 Å². The van der Waals surface area contributed by atoms with E-state index >= 15 is 0 Å². The molecule has 9 aromatic carbocycles. The summed E-state index contributed by atoms with van der Waals surface area (Å²) in [7, 11) is 0. The molecule has 7 nitrogen and oxygen atoms in total. The van der Waals surface area contributed by atoms with Crippen molar-refractivity contribution < 1.29 is 0 Å². The summed E-state index contributed by atoms with van der Waals surface area (Å²) in [5.74, 6) is 0. The maximum atomic E-state index is 5.45. The third-order valence-corrected chi connectivity index (χ3v) is 12.4. The number of rotatable bonds is 5. The molecule has 62 heavy (non-hydrogen) atoms. The Labute approximate surface area is 358 Å². The van der Waals surface area contributed by atoms with Crippen LogP contribution in [-0.4, -0.2) is 17.0 Å². The summed E-state index contributed by atoms with van der Waals surface area (Å²) < 4.78 is 0. The summed E-state index contributed by atoms with van der Waals surface area (Å²) in [4.78, 5) is 34.2. The van der Waals surface area contributed by atoms with Crippen LogP contribution in [-0.2, 0) is 0 Å². The summed E-state index contributed by atoms with van der Waals surface area (Å²) in [5.41, 5.74) is 5.03. The van der Waals surface area contributed by atoms with Gasteiger partial charge in [-0.2, -0.15) is 0 Å². The van der Waals surface area contributed by atoms with Gasteiger partial charge in [-0.1, -0.05) is 91.0 Å². The van der Waals surface area contributed by atoms with Crippen LogP contribution in [0.15, 0.2) is 182 Å². The van der Waals surface area contributed by atoms with Crippen LogP contribution in [0, 0.1) is 0 Å². The monoisotopic (exact) mass is 801 g/mol. The van der Waals surface area contributed by atoms with Crippen molar-refractivity contribution in [3.63, 3.8) is 0 Å². The number of benzene rings is 9. The molecule has 12 rings (SSSR count). The zero-order chi connectivity index (χ0) is 42.1. The van der Waals surface area contributed by atoms with Gasteiger partial charge in [0.05, 0.1) is 33.1 Å². The SMILES string of the molecule is CC1(C)N=c2cccc(N(c3ccc(-c4ccc5cc6ccccc6cc5c4)c4c3=NC(C)(C)N=4)c3ccc(-c4c5ccccc5cc5ccccc45)c4c3=NC(C)(C)N=4)c2=N1. The molecular weight excluding hydrogens is 759 g/mol. The highest BCUT2D eigenvalue weighted by atomic mass is 15.2. The molecule has 0 saturated carbocycles. The smallest absolute Gasteiger partial charge is 0.146 e. The minimum atomic E-state index is -0.700. The summed E-state index contributed by atoms with van der Waals surface area (Å²) in [6.07, 6.45) is 0. The lowest BCUT2D eigenvalue weighted by Gasteiger charge is -2.26. The van der Waals surface area contributed by atoms with E-state index in [1.807, 2.05) is 0 Å². The first-order valence-corrected chi connectivity index (χ1v) is 21.4. The van der Waals surface area contributed by atoms with Crippen molar-refractivity contribution in [2.75, 3.05) is 4.90 Å². The fraction of sp³-hybridized carbons (Fsp3) is 0.164. The van der Waals surface area contributed by atoms with Crippen LogP contribution in [0.3, 0.4) is 0 Å². The van der Waals surface area contributed by atoms with E-state index < -0.39 is 17.0 Å². The predicted molar refractivity (Wildman–Crippen MR) is 251 cm³/mol. The lowest BCUT2D eigenvalue weighted by Crippen LogP contribution is -2.38. The molecule has 0 spiro atoms. The summed E-state index contributed by atoms with van der Waals surface area (Å²) in [6, 6.07) is 54.5. The Hall–Kier alpha value is -7.38. The minimum Gasteiger partial charge on any atom is -0.304 e. The Morgan fingerprint density at radius 1 is 0.339 bits per heavy atom. The van der Waals surface area contributed by atoms with Gasteiger partial charge in [0.1, 0.15) is 33.1 Å². The van der Waals surface area contributed by atoms with Gasteiger partial charge in [0, 0.05) is 11.1 Å². The van der Waals surface area contributed by atoms with Gasteiger partial charge in [0.2, 0.25) is 0 Å². The molecule has 0 N–H and O–H groups in total. The lowest BCUT2D eigenvalue weighted by molar-refractivity contribution is 0.549. The average Bonchev–Trinajstić information content (AvgIpc) is 3.89. The summed E-state index contributed by atoms with van der Waals surface area (Å²) >= 11 is 0. The van der Waals surface area contributed by atoms with Gasteiger partial charge >= 0.3 is 0 Å². The van der Waals surface area contributed by atoms with Gasteiger partial charge in [0.25, 0.3) is 0 Å². The number of nitrogens with zero attached hydrogens (tertiary/aromatic N) is 7. The van der Waals surface area contributed by atoms with Gasteiger partial charge in [0.15, 0.2) is 0 Å². The highest BCUT2D eigenvalue weighted by molar-refractivity contribution is 6.12. The van der Waals surface area contributed by atoms with Crippen LogP contribution in [0.5, 0.6) is 0 Å². The van der Waals surface area contributed by atoms with E-state index in [1.54, 1.807) is 0 Å². The van der Waals surface area contributed by atoms with E-state index in [4.69, 9.17) is 30.0 Å². The van der Waals surface area contributed by atoms with Crippen molar-refractivity contribution in [2.45, 2.75) is 58.5 Å². The van der Waals surface area contributed by atoms with Crippen molar-refractivity contribution in [1.29, 1.82) is 0 Å². The van der Waals surface area contributed by atoms with Crippen LogP contribution in [0.25, 0.3) is 65.3 Å².